The zero-order valence-electron chi connectivity index (χ0n) is 57.9. The van der Waals surface area contributed by atoms with Crippen molar-refractivity contribution in [1.82, 2.24) is 4.90 Å². The number of nitrogens with zero attached hydrogens (tertiary/aromatic N) is 3. The van der Waals surface area contributed by atoms with E-state index in [1.165, 1.54) is 173 Å². The van der Waals surface area contributed by atoms with E-state index < -0.39 is 8.07 Å². The minimum Gasteiger partial charge on any atom is -0.311 e. The van der Waals surface area contributed by atoms with E-state index in [1.54, 1.807) is 0 Å². The van der Waals surface area contributed by atoms with E-state index in [0.29, 0.717) is 0 Å². The molecule has 0 spiro atoms. The largest absolute Gasteiger partial charge is 0.311 e. The lowest BCUT2D eigenvalue weighted by Crippen LogP contribution is -2.25. The molecule has 0 radical (unpaired) electrons. The molecule has 0 heterocycles. The van der Waals surface area contributed by atoms with Crippen molar-refractivity contribution in [3.8, 4) is 56.0 Å². The predicted octanol–water partition coefficient (Wildman–Crippen LogP) is 26.9. The molecule has 0 saturated carbocycles. The third-order valence-corrected chi connectivity index (χ3v) is 20.8. The lowest BCUT2D eigenvalue weighted by molar-refractivity contribution is 0.321. The van der Waals surface area contributed by atoms with Gasteiger partial charge in [-0.05, 0) is 221 Å². The summed E-state index contributed by atoms with van der Waals surface area (Å²) in [5.41, 5.74) is 28.6. The molecule has 0 aliphatic heterocycles. The van der Waals surface area contributed by atoms with Gasteiger partial charge in [0.2, 0.25) is 0 Å². The van der Waals surface area contributed by atoms with Gasteiger partial charge in [0, 0.05) is 55.0 Å². The Bertz CT molecular complexity index is 3980. The van der Waals surface area contributed by atoms with Crippen LogP contribution in [0.3, 0.4) is 0 Å². The Morgan fingerprint density at radius 1 is 0.337 bits per heavy atom. The molecular weight excluding hydrogens is 1230 g/mol. The highest BCUT2D eigenvalue weighted by Crippen LogP contribution is 2.57. The normalized spacial score (nSPS) is 12.7. The fraction of sp³-hybridized carbons (Fsp3) is 0.311. The summed E-state index contributed by atoms with van der Waals surface area (Å²) >= 11 is 3.80. The molecule has 2 aliphatic carbocycles. The molecule has 0 N–H and O–H groups in total. The summed E-state index contributed by atoms with van der Waals surface area (Å²) in [6, 6.07) is 89.2. The molecule has 0 fully saturated rings. The van der Waals surface area contributed by atoms with Gasteiger partial charge in [-0.2, -0.15) is 0 Å². The van der Waals surface area contributed by atoms with E-state index in [9.17, 15) is 0 Å². The van der Waals surface area contributed by atoms with Gasteiger partial charge in [0.15, 0.2) is 0 Å². The Kier molecular flexibility index (Phi) is 25.2. The summed E-state index contributed by atoms with van der Waals surface area (Å²) in [5, 5.41) is 0. The zero-order chi connectivity index (χ0) is 66.1. The van der Waals surface area contributed by atoms with Crippen molar-refractivity contribution in [1.29, 1.82) is 0 Å². The van der Waals surface area contributed by atoms with Gasteiger partial charge >= 0.3 is 0 Å². The Labute approximate surface area is 582 Å². The van der Waals surface area contributed by atoms with Crippen LogP contribution in [0.4, 0.5) is 34.1 Å². The number of halogens is 1. The first kappa shape index (κ1) is 71.3. The van der Waals surface area contributed by atoms with Crippen LogP contribution in [0, 0.1) is 11.5 Å². The molecule has 0 bridgehead atoms. The summed E-state index contributed by atoms with van der Waals surface area (Å²) in [5.74, 6) is 3.57. The van der Waals surface area contributed by atoms with Crippen LogP contribution >= 0.6 is 15.9 Å². The van der Waals surface area contributed by atoms with E-state index in [2.05, 4.69) is 353 Å². The average Bonchev–Trinajstić information content (AvgIpc) is 1.58. The second-order valence-corrected chi connectivity index (χ2v) is 32.4. The molecule has 490 valence electrons. The highest BCUT2D eigenvalue weighted by atomic mass is 79.9. The van der Waals surface area contributed by atoms with Gasteiger partial charge in [-0.1, -0.05) is 282 Å². The summed E-state index contributed by atoms with van der Waals surface area (Å²) in [6.07, 6.45) is 14.5. The molecule has 0 aromatic heterocycles. The predicted molar refractivity (Wildman–Crippen MR) is 422 cm³/mol. The summed E-state index contributed by atoms with van der Waals surface area (Å²) in [7, 11) is -1.47. The third kappa shape index (κ3) is 16.5. The molecule has 0 unspecified atom stereocenters. The van der Waals surface area contributed by atoms with Crippen LogP contribution in [0.2, 0.25) is 19.6 Å². The monoisotopic (exact) mass is 1330 g/mol. The van der Waals surface area contributed by atoms with Crippen molar-refractivity contribution >= 4 is 58.1 Å². The molecule has 12 rings (SSSR count). The molecule has 10 aromatic rings. The fourth-order valence-electron chi connectivity index (χ4n) is 14.4. The van der Waals surface area contributed by atoms with Crippen LogP contribution in [-0.4, -0.2) is 32.6 Å². The average molecular weight is 1340 g/mol. The highest BCUT2D eigenvalue weighted by molar-refractivity contribution is 9.10. The van der Waals surface area contributed by atoms with Gasteiger partial charge in [-0.3, -0.25) is 0 Å². The van der Waals surface area contributed by atoms with E-state index in [-0.39, 0.29) is 18.3 Å². The maximum absolute atomic E-state index is 3.80. The minimum absolute atomic E-state index is 0. The van der Waals surface area contributed by atoms with Gasteiger partial charge in [-0.15, -0.1) is 5.54 Å². The summed E-state index contributed by atoms with van der Waals surface area (Å²) in [4.78, 5) is 7.02. The van der Waals surface area contributed by atoms with Gasteiger partial charge < -0.3 is 14.7 Å². The summed E-state index contributed by atoms with van der Waals surface area (Å²) in [6.45, 7) is 26.4. The van der Waals surface area contributed by atoms with Crippen LogP contribution < -0.4 is 9.80 Å². The number of benzene rings is 10. The van der Waals surface area contributed by atoms with E-state index in [0.717, 1.165) is 34.1 Å². The molecule has 2 aliphatic rings. The van der Waals surface area contributed by atoms with Crippen molar-refractivity contribution < 1.29 is 0 Å². The quantitative estimate of drug-likeness (QED) is 0.0467. The molecule has 95 heavy (non-hydrogen) atoms. The number of hydrogen-bond acceptors (Lipinski definition) is 3. The number of unbranched alkanes of at least 4 members (excludes halogenated alkanes) is 4. The number of fused-ring (bicyclic) bond motifs is 6. The van der Waals surface area contributed by atoms with E-state index >= 15 is 0 Å². The molecule has 3 nitrogen and oxygen atoms in total. The maximum atomic E-state index is 3.80. The first-order valence-electron chi connectivity index (χ1n) is 35.3. The zero-order valence-corrected chi connectivity index (χ0v) is 60.5. The van der Waals surface area contributed by atoms with E-state index in [4.69, 9.17) is 0 Å². The van der Waals surface area contributed by atoms with Gasteiger partial charge in [0.25, 0.3) is 0 Å². The van der Waals surface area contributed by atoms with Crippen LogP contribution in [0.15, 0.2) is 247 Å². The Hall–Kier alpha value is -7.98. The van der Waals surface area contributed by atoms with Crippen LogP contribution in [0.25, 0.3) is 44.5 Å². The van der Waals surface area contributed by atoms with Crippen molar-refractivity contribution in [2.24, 2.45) is 0 Å². The molecule has 0 amide bonds. The van der Waals surface area contributed by atoms with Crippen LogP contribution in [0.5, 0.6) is 0 Å². The Morgan fingerprint density at radius 3 is 0.947 bits per heavy atom. The van der Waals surface area contributed by atoms with Crippen molar-refractivity contribution in [3.05, 3.63) is 275 Å². The van der Waals surface area contributed by atoms with Gasteiger partial charge in [0.1, 0.15) is 8.07 Å². The topological polar surface area (TPSA) is 9.72 Å². The van der Waals surface area contributed by atoms with Crippen molar-refractivity contribution in [2.45, 2.75) is 163 Å². The Morgan fingerprint density at radius 2 is 0.632 bits per heavy atom. The van der Waals surface area contributed by atoms with Gasteiger partial charge in [-0.25, -0.2) is 0 Å². The fourth-order valence-corrected chi connectivity index (χ4v) is 15.3. The lowest BCUT2D eigenvalue weighted by atomic mass is 9.70. The standard InChI is InChI=1S/C44H47NSi.C39H38BrN.C6H15N.CH4/c1-6-8-29-44(30-9-7-2)42-32-34(28-31-46(3,4)5)20-26-40(42)41-27-23-36(33-43(41)44)35-21-24-39(25-22-35)45(37-16-12-10-13-17-37)38-18-14-11-15-19-38;1-3-5-25-39(26-6-4-2)37-27-30(19-23-35(37)36-24-20-31(40)28-38(36)39)29-17-21-34(22-18-29)41(32-13-9-7-10-14-32)33-15-11-8-12-16-33;1-4-7(5-2)6-3;/h10-27,32-33H,6-9,29-30H2,1-5H3;7-24,27-28H,3-6,25-26H2,1-2H3;4-6H2,1-3H3;1H4. The second kappa shape index (κ2) is 33.6. The Balaban J connectivity index is 0.000000202. The number of rotatable bonds is 23. The number of para-hydroxylation sites is 4. The van der Waals surface area contributed by atoms with Crippen molar-refractivity contribution in [3.63, 3.8) is 0 Å². The molecule has 10 aromatic carbocycles. The van der Waals surface area contributed by atoms with Crippen LogP contribution in [-0.2, 0) is 10.8 Å². The minimum atomic E-state index is -1.47. The smallest absolute Gasteiger partial charge is 0.129 e. The second-order valence-electron chi connectivity index (χ2n) is 26.8. The van der Waals surface area contributed by atoms with Gasteiger partial charge in [0.05, 0.1) is 0 Å². The maximum Gasteiger partial charge on any atom is 0.129 e. The summed E-state index contributed by atoms with van der Waals surface area (Å²) < 4.78 is 1.18. The molecule has 5 heteroatoms. The lowest BCUT2D eigenvalue weighted by Gasteiger charge is -2.33. The highest BCUT2D eigenvalue weighted by Gasteiger charge is 2.44. The third-order valence-electron chi connectivity index (χ3n) is 19.4. The molecular formula is C90H104BrN3Si. The van der Waals surface area contributed by atoms with E-state index in [1.807, 2.05) is 0 Å². The first-order valence-corrected chi connectivity index (χ1v) is 39.6. The van der Waals surface area contributed by atoms with Crippen LogP contribution in [0.1, 0.15) is 161 Å². The molecule has 0 atom stereocenters. The number of hydrogen-bond donors (Lipinski definition) is 0. The first-order chi connectivity index (χ1) is 45.8. The SMILES string of the molecule is C.CCCCC1(CCCC)c2cc(Br)ccc2-c2ccc(-c3ccc(N(c4ccccc4)c4ccccc4)cc3)cc21.CCCCC1(CCCC)c2cc(C#C[Si](C)(C)C)ccc2-c2ccc(-c3ccc(N(c4ccccc4)c4ccccc4)cc3)cc21.CCN(CC)CC. The van der Waals surface area contributed by atoms with Crippen molar-refractivity contribution in [2.75, 3.05) is 29.4 Å². The number of anilines is 6. The molecule has 0 saturated heterocycles.